The number of rotatable bonds is 1. The normalized spacial score (nSPS) is 58.9. The number of aliphatic hydroxyl groups is 3. The second kappa shape index (κ2) is 5.55. The highest BCUT2D eigenvalue weighted by Gasteiger charge is 2.88. The molecule has 0 radical (unpaired) electrons. The van der Waals surface area contributed by atoms with Gasteiger partial charge in [0.2, 0.25) is 0 Å². The van der Waals surface area contributed by atoms with Gasteiger partial charge in [0.25, 0.3) is 0 Å². The lowest BCUT2D eigenvalue weighted by Crippen LogP contribution is -2.75. The fourth-order valence-electron chi connectivity index (χ4n) is 8.61. The maximum absolute atomic E-state index is 13.8. The van der Waals surface area contributed by atoms with E-state index in [4.69, 9.17) is 9.47 Å². The van der Waals surface area contributed by atoms with Crippen molar-refractivity contribution in [3.63, 3.8) is 0 Å². The summed E-state index contributed by atoms with van der Waals surface area (Å²) in [5, 5.41) is 33.9. The lowest BCUT2D eigenvalue weighted by molar-refractivity contribution is -0.226. The Bertz CT molecular complexity index is 883. The molecular weight excluding hydrogens is 388 g/mol. The highest BCUT2D eigenvalue weighted by Crippen LogP contribution is 2.76. The average molecular weight is 418 g/mol. The highest BCUT2D eigenvalue weighted by molar-refractivity contribution is 5.94. The standard InChI is InChI=1S/C23H30O7/c1-20-5-3-13(24)8-12(20)9-15-23(30-15)18(20)17(26)19(27)21(2)14(4-6-22(21,23)28)11-7-16(25)29-10-11/h7,12-15,17-18,24,26,28H,3-6,8-10H2,1-2H3/t12-,13-,14+,15-,17+,18+,20-,21-,22+,23-/m0/s1. The lowest BCUT2D eigenvalue weighted by Gasteiger charge is -2.62. The van der Waals surface area contributed by atoms with Gasteiger partial charge in [0, 0.05) is 12.0 Å². The van der Waals surface area contributed by atoms with Gasteiger partial charge in [0.1, 0.15) is 23.9 Å². The maximum Gasteiger partial charge on any atom is 0.331 e. The zero-order chi connectivity index (χ0) is 21.3. The molecule has 0 aromatic rings. The molecule has 4 saturated carbocycles. The highest BCUT2D eigenvalue weighted by atomic mass is 16.6. The topological polar surface area (TPSA) is 117 Å². The molecule has 7 nitrogen and oxygen atoms in total. The molecule has 10 atom stereocenters. The van der Waals surface area contributed by atoms with E-state index in [1.165, 1.54) is 6.08 Å². The molecule has 1 spiro atoms. The molecule has 6 rings (SSSR count). The van der Waals surface area contributed by atoms with Crippen molar-refractivity contribution >= 4 is 11.8 Å². The number of hydrogen-bond acceptors (Lipinski definition) is 7. The number of cyclic esters (lactones) is 1. The molecule has 0 amide bonds. The number of aliphatic hydroxyl groups excluding tert-OH is 2. The van der Waals surface area contributed by atoms with Gasteiger partial charge < -0.3 is 24.8 Å². The van der Waals surface area contributed by atoms with E-state index < -0.39 is 34.6 Å². The van der Waals surface area contributed by atoms with Crippen LogP contribution in [-0.4, -0.2) is 63.2 Å². The minimum atomic E-state index is -1.40. The SMILES string of the molecule is C[C@]12CC[C@H](O)C[C@H]1C[C@@H]1O[C@]13[C@@H]2[C@@H](O)C(=O)[C@]1(C)[C@@H](C2=CC(=O)OC2)CC[C@]31O. The first-order chi connectivity index (χ1) is 14.1. The molecule has 4 aliphatic carbocycles. The Morgan fingerprint density at radius 2 is 1.87 bits per heavy atom. The van der Waals surface area contributed by atoms with Crippen molar-refractivity contribution in [3.05, 3.63) is 11.6 Å². The summed E-state index contributed by atoms with van der Waals surface area (Å²) >= 11 is 0. The van der Waals surface area contributed by atoms with Crippen LogP contribution in [0.1, 0.15) is 52.4 Å². The zero-order valence-corrected chi connectivity index (χ0v) is 17.5. The Balaban J connectivity index is 1.47. The number of esters is 1. The Kier molecular flexibility index (Phi) is 3.59. The largest absolute Gasteiger partial charge is 0.458 e. The summed E-state index contributed by atoms with van der Waals surface area (Å²) in [4.78, 5) is 25.5. The van der Waals surface area contributed by atoms with E-state index >= 15 is 0 Å². The molecule has 0 bridgehead atoms. The third kappa shape index (κ3) is 1.89. The predicted molar refractivity (Wildman–Crippen MR) is 103 cm³/mol. The summed E-state index contributed by atoms with van der Waals surface area (Å²) in [7, 11) is 0. The Morgan fingerprint density at radius 3 is 2.57 bits per heavy atom. The summed E-state index contributed by atoms with van der Waals surface area (Å²) in [5.74, 6) is -1.44. The molecule has 0 unspecified atom stereocenters. The molecule has 2 heterocycles. The second-order valence-electron chi connectivity index (χ2n) is 11.0. The van der Waals surface area contributed by atoms with E-state index in [2.05, 4.69) is 6.92 Å². The van der Waals surface area contributed by atoms with Crippen LogP contribution in [0.25, 0.3) is 0 Å². The van der Waals surface area contributed by atoms with E-state index in [9.17, 15) is 24.9 Å². The molecule has 30 heavy (non-hydrogen) atoms. The first-order valence-electron chi connectivity index (χ1n) is 11.3. The third-order valence-electron chi connectivity index (χ3n) is 10.2. The van der Waals surface area contributed by atoms with Gasteiger partial charge in [-0.2, -0.15) is 0 Å². The van der Waals surface area contributed by atoms with Gasteiger partial charge in [-0.1, -0.05) is 6.92 Å². The summed E-state index contributed by atoms with van der Waals surface area (Å²) < 4.78 is 11.4. The number of ether oxygens (including phenoxy) is 2. The molecular formula is C23H30O7. The average Bonchev–Trinajstić information content (AvgIpc) is 3.14. The third-order valence-corrected chi connectivity index (χ3v) is 10.2. The quantitative estimate of drug-likeness (QED) is 0.428. The minimum Gasteiger partial charge on any atom is -0.458 e. The van der Waals surface area contributed by atoms with Crippen LogP contribution in [0.3, 0.4) is 0 Å². The van der Waals surface area contributed by atoms with Crippen LogP contribution >= 0.6 is 0 Å². The zero-order valence-electron chi connectivity index (χ0n) is 17.5. The predicted octanol–water partition coefficient (Wildman–Crippen LogP) is 0.885. The van der Waals surface area contributed by atoms with Crippen LogP contribution in [-0.2, 0) is 19.1 Å². The van der Waals surface area contributed by atoms with Crippen LogP contribution in [0.5, 0.6) is 0 Å². The van der Waals surface area contributed by atoms with Crippen LogP contribution in [0, 0.1) is 28.6 Å². The van der Waals surface area contributed by atoms with E-state index in [0.717, 1.165) is 12.0 Å². The molecule has 5 fully saturated rings. The molecule has 2 aliphatic heterocycles. The van der Waals surface area contributed by atoms with Crippen LogP contribution in [0.15, 0.2) is 11.6 Å². The van der Waals surface area contributed by atoms with Crippen molar-refractivity contribution in [1.82, 2.24) is 0 Å². The summed E-state index contributed by atoms with van der Waals surface area (Å²) in [6.07, 6.45) is 3.30. The van der Waals surface area contributed by atoms with Crippen LogP contribution in [0.4, 0.5) is 0 Å². The van der Waals surface area contributed by atoms with E-state index in [1.807, 2.05) is 0 Å². The van der Waals surface area contributed by atoms with Gasteiger partial charge in [-0.25, -0.2) is 4.79 Å². The van der Waals surface area contributed by atoms with Crippen molar-refractivity contribution < 1.29 is 34.4 Å². The maximum atomic E-state index is 13.8. The summed E-state index contributed by atoms with van der Waals surface area (Å²) in [5.41, 5.74) is -3.21. The lowest BCUT2D eigenvalue weighted by atomic mass is 9.41. The minimum absolute atomic E-state index is 0.136. The van der Waals surface area contributed by atoms with Crippen molar-refractivity contribution in [2.75, 3.05) is 6.61 Å². The molecule has 3 N–H and O–H groups in total. The molecule has 0 aromatic carbocycles. The molecule has 0 aromatic heterocycles. The molecule has 6 aliphatic rings. The number of carbonyl (C=O) groups excluding carboxylic acids is 2. The smallest absolute Gasteiger partial charge is 0.331 e. The molecule has 164 valence electrons. The second-order valence-corrected chi connectivity index (χ2v) is 11.0. The van der Waals surface area contributed by atoms with Gasteiger partial charge in [-0.3, -0.25) is 4.79 Å². The fraction of sp³-hybridized carbons (Fsp3) is 0.826. The summed E-state index contributed by atoms with van der Waals surface area (Å²) in [6, 6.07) is 0. The van der Waals surface area contributed by atoms with Gasteiger partial charge in [-0.05, 0) is 68.3 Å². The Morgan fingerprint density at radius 1 is 1.10 bits per heavy atom. The van der Waals surface area contributed by atoms with Gasteiger partial charge in [-0.15, -0.1) is 0 Å². The number of carbonyl (C=O) groups is 2. The first-order valence-corrected chi connectivity index (χ1v) is 11.3. The van der Waals surface area contributed by atoms with E-state index in [0.29, 0.717) is 32.1 Å². The number of hydrogen-bond donors (Lipinski definition) is 3. The van der Waals surface area contributed by atoms with Crippen LogP contribution < -0.4 is 0 Å². The van der Waals surface area contributed by atoms with Crippen molar-refractivity contribution in [2.45, 2.75) is 81.9 Å². The Labute approximate surface area is 175 Å². The van der Waals surface area contributed by atoms with Crippen LogP contribution in [0.2, 0.25) is 0 Å². The fourth-order valence-corrected chi connectivity index (χ4v) is 8.61. The van der Waals surface area contributed by atoms with Crippen molar-refractivity contribution in [3.8, 4) is 0 Å². The number of epoxide rings is 1. The molecule has 1 saturated heterocycles. The van der Waals surface area contributed by atoms with E-state index in [1.54, 1.807) is 6.92 Å². The van der Waals surface area contributed by atoms with Gasteiger partial charge >= 0.3 is 5.97 Å². The Hall–Kier alpha value is -1.28. The monoisotopic (exact) mass is 418 g/mol. The van der Waals surface area contributed by atoms with Crippen molar-refractivity contribution in [2.24, 2.45) is 28.6 Å². The number of ketones is 1. The number of Topliss-reactive ketones (excluding diaryl/α,β-unsaturated/α-hetero) is 1. The molecule has 7 heteroatoms. The summed E-state index contributed by atoms with van der Waals surface area (Å²) in [6.45, 7) is 3.99. The van der Waals surface area contributed by atoms with E-state index in [-0.39, 0.29) is 41.8 Å². The van der Waals surface area contributed by atoms with Gasteiger partial charge in [0.05, 0.1) is 17.6 Å². The van der Waals surface area contributed by atoms with Crippen molar-refractivity contribution in [1.29, 1.82) is 0 Å². The van der Waals surface area contributed by atoms with Gasteiger partial charge in [0.15, 0.2) is 5.78 Å². The number of fused-ring (bicyclic) bond motifs is 3. The first kappa shape index (κ1) is 19.4.